The number of benzene rings is 2. The quantitative estimate of drug-likeness (QED) is 0.473. The molecule has 0 radical (unpaired) electrons. The smallest absolute Gasteiger partial charge is 0.292 e. The molecule has 6 nitrogen and oxygen atoms in total. The average molecular weight is 420 g/mol. The summed E-state index contributed by atoms with van der Waals surface area (Å²) in [5, 5.41) is 3.60. The van der Waals surface area contributed by atoms with E-state index in [2.05, 4.69) is 35.1 Å². The van der Waals surface area contributed by atoms with Gasteiger partial charge < -0.3 is 15.0 Å². The summed E-state index contributed by atoms with van der Waals surface area (Å²) in [5.74, 6) is -1.10. The molecule has 162 valence electrons. The Morgan fingerprint density at radius 3 is 2.42 bits per heavy atom. The number of rotatable bonds is 6. The minimum absolute atomic E-state index is 0.202. The van der Waals surface area contributed by atoms with Gasteiger partial charge in [-0.25, -0.2) is 0 Å². The van der Waals surface area contributed by atoms with E-state index in [1.165, 1.54) is 0 Å². The van der Waals surface area contributed by atoms with Crippen LogP contribution in [0.2, 0.25) is 0 Å². The van der Waals surface area contributed by atoms with Crippen LogP contribution in [-0.2, 0) is 22.6 Å². The predicted molar refractivity (Wildman–Crippen MR) is 121 cm³/mol. The molecule has 2 N–H and O–H groups in total. The van der Waals surface area contributed by atoms with Crippen molar-refractivity contribution in [1.29, 1.82) is 0 Å². The average Bonchev–Trinajstić information content (AvgIpc) is 3.07. The first-order chi connectivity index (χ1) is 14.9. The second-order valence-electron chi connectivity index (χ2n) is 8.40. The maximum Gasteiger partial charge on any atom is 0.292 e. The number of aryl methyl sites for hydroxylation is 1. The van der Waals surface area contributed by atoms with Crippen molar-refractivity contribution in [2.75, 3.05) is 13.1 Å². The highest BCUT2D eigenvalue weighted by molar-refractivity contribution is 6.45. The Morgan fingerprint density at radius 2 is 1.68 bits per heavy atom. The molecule has 0 saturated carbocycles. The lowest BCUT2D eigenvalue weighted by Crippen LogP contribution is -2.45. The standard InChI is InChI=1S/C25H29N3O3/c1-16-13-28(14-17(2)31-16)15-20-9-5-4-8-19(20)12-26-25(30)24(29)23-18(3)27-22-11-7-6-10-21(22)23/h4-11,16-17,27H,12-15H2,1-3H3,(H,26,30). The molecule has 6 heteroatoms. The molecule has 1 amide bonds. The molecule has 31 heavy (non-hydrogen) atoms. The Labute approximate surface area is 182 Å². The third-order valence-corrected chi connectivity index (χ3v) is 5.77. The van der Waals surface area contributed by atoms with Crippen molar-refractivity contribution in [3.8, 4) is 0 Å². The van der Waals surface area contributed by atoms with Gasteiger partial charge in [0.05, 0.1) is 17.8 Å². The summed E-state index contributed by atoms with van der Waals surface area (Å²) >= 11 is 0. The number of H-pyrrole nitrogens is 1. The molecule has 1 fully saturated rings. The van der Waals surface area contributed by atoms with Gasteiger partial charge in [0.15, 0.2) is 0 Å². The summed E-state index contributed by atoms with van der Waals surface area (Å²) in [6, 6.07) is 15.6. The molecule has 0 aliphatic carbocycles. The van der Waals surface area contributed by atoms with Gasteiger partial charge in [-0.3, -0.25) is 14.5 Å². The highest BCUT2D eigenvalue weighted by Gasteiger charge is 2.24. The van der Waals surface area contributed by atoms with Crippen LogP contribution in [0.15, 0.2) is 48.5 Å². The number of aromatic nitrogens is 1. The van der Waals surface area contributed by atoms with E-state index in [1.807, 2.05) is 49.4 Å². The van der Waals surface area contributed by atoms with Crippen molar-refractivity contribution >= 4 is 22.6 Å². The minimum atomic E-state index is -0.587. The molecule has 0 bridgehead atoms. The molecular weight excluding hydrogens is 390 g/mol. The number of morpholine rings is 1. The van der Waals surface area contributed by atoms with Gasteiger partial charge in [-0.05, 0) is 38.0 Å². The summed E-state index contributed by atoms with van der Waals surface area (Å²) in [5.41, 5.74) is 4.18. The maximum atomic E-state index is 12.9. The number of Topliss-reactive ketones (excluding diaryl/α,β-unsaturated/α-hetero) is 1. The number of fused-ring (bicyclic) bond motifs is 1. The molecule has 2 unspecified atom stereocenters. The zero-order valence-electron chi connectivity index (χ0n) is 18.3. The van der Waals surface area contributed by atoms with Gasteiger partial charge in [0.2, 0.25) is 0 Å². The third kappa shape index (κ3) is 4.70. The zero-order chi connectivity index (χ0) is 22.0. The lowest BCUT2D eigenvalue weighted by atomic mass is 10.0. The fraction of sp³-hybridized carbons (Fsp3) is 0.360. The lowest BCUT2D eigenvalue weighted by Gasteiger charge is -2.35. The van der Waals surface area contributed by atoms with Gasteiger partial charge in [-0.2, -0.15) is 0 Å². The monoisotopic (exact) mass is 419 g/mol. The van der Waals surface area contributed by atoms with Crippen LogP contribution in [0.3, 0.4) is 0 Å². The van der Waals surface area contributed by atoms with Crippen LogP contribution < -0.4 is 5.32 Å². The number of ether oxygens (including phenoxy) is 1. The number of hydrogen-bond donors (Lipinski definition) is 2. The molecule has 0 spiro atoms. The highest BCUT2D eigenvalue weighted by atomic mass is 16.5. The van der Waals surface area contributed by atoms with Crippen LogP contribution in [0, 0.1) is 6.92 Å². The number of nitrogens with one attached hydrogen (secondary N) is 2. The van der Waals surface area contributed by atoms with E-state index in [0.717, 1.165) is 41.7 Å². The van der Waals surface area contributed by atoms with Crippen molar-refractivity contribution in [3.05, 3.63) is 70.9 Å². The van der Waals surface area contributed by atoms with Gasteiger partial charge >= 0.3 is 0 Å². The van der Waals surface area contributed by atoms with Crippen LogP contribution in [0.1, 0.15) is 41.0 Å². The Bertz CT molecular complexity index is 1090. The fourth-order valence-electron chi connectivity index (χ4n) is 4.48. The van der Waals surface area contributed by atoms with Gasteiger partial charge in [0.1, 0.15) is 0 Å². The first-order valence-electron chi connectivity index (χ1n) is 10.8. The number of nitrogens with zero attached hydrogens (tertiary/aromatic N) is 1. The summed E-state index contributed by atoms with van der Waals surface area (Å²) in [6.07, 6.45) is 0.403. The largest absolute Gasteiger partial charge is 0.373 e. The van der Waals surface area contributed by atoms with Crippen molar-refractivity contribution in [2.45, 2.75) is 46.1 Å². The van der Waals surface area contributed by atoms with E-state index in [0.29, 0.717) is 17.8 Å². The molecule has 1 aliphatic heterocycles. The first-order valence-corrected chi connectivity index (χ1v) is 10.8. The van der Waals surface area contributed by atoms with Crippen LogP contribution in [0.5, 0.6) is 0 Å². The van der Waals surface area contributed by atoms with E-state index in [4.69, 9.17) is 4.74 Å². The van der Waals surface area contributed by atoms with Crippen LogP contribution in [-0.4, -0.2) is 46.9 Å². The van der Waals surface area contributed by atoms with Gasteiger partial charge in [-0.15, -0.1) is 0 Å². The van der Waals surface area contributed by atoms with Crippen molar-refractivity contribution in [1.82, 2.24) is 15.2 Å². The number of para-hydroxylation sites is 1. The number of hydrogen-bond acceptors (Lipinski definition) is 4. The van der Waals surface area contributed by atoms with Crippen LogP contribution in [0.4, 0.5) is 0 Å². The van der Waals surface area contributed by atoms with E-state index >= 15 is 0 Å². The van der Waals surface area contributed by atoms with E-state index in [1.54, 1.807) is 0 Å². The second-order valence-corrected chi connectivity index (χ2v) is 8.40. The van der Waals surface area contributed by atoms with Crippen LogP contribution in [0.25, 0.3) is 10.9 Å². The molecule has 3 aromatic rings. The zero-order valence-corrected chi connectivity index (χ0v) is 18.3. The molecule has 1 aliphatic rings. The SMILES string of the molecule is Cc1[nH]c2ccccc2c1C(=O)C(=O)NCc1ccccc1CN1CC(C)OC(C)C1. The van der Waals surface area contributed by atoms with Gasteiger partial charge in [-0.1, -0.05) is 42.5 Å². The maximum absolute atomic E-state index is 12.9. The van der Waals surface area contributed by atoms with Gasteiger partial charge in [0, 0.05) is 42.8 Å². The summed E-state index contributed by atoms with van der Waals surface area (Å²) in [7, 11) is 0. The number of amides is 1. The molecule has 4 rings (SSSR count). The molecule has 2 heterocycles. The second kappa shape index (κ2) is 9.04. The predicted octanol–water partition coefficient (Wildman–Crippen LogP) is 3.58. The molecular formula is C25H29N3O3. The fourth-order valence-corrected chi connectivity index (χ4v) is 4.48. The molecule has 1 aromatic heterocycles. The van der Waals surface area contributed by atoms with E-state index in [9.17, 15) is 9.59 Å². The number of aromatic amines is 1. The molecule has 1 saturated heterocycles. The van der Waals surface area contributed by atoms with Crippen molar-refractivity contribution < 1.29 is 14.3 Å². The number of carbonyl (C=O) groups excluding carboxylic acids is 2. The summed E-state index contributed by atoms with van der Waals surface area (Å²) < 4.78 is 5.83. The number of carbonyl (C=O) groups is 2. The van der Waals surface area contributed by atoms with E-state index < -0.39 is 11.7 Å². The lowest BCUT2D eigenvalue weighted by molar-refractivity contribution is -0.117. The minimum Gasteiger partial charge on any atom is -0.373 e. The Balaban J connectivity index is 1.45. The normalized spacial score (nSPS) is 19.5. The summed E-state index contributed by atoms with van der Waals surface area (Å²) in [4.78, 5) is 31.1. The third-order valence-electron chi connectivity index (χ3n) is 5.77. The highest BCUT2D eigenvalue weighted by Crippen LogP contribution is 2.22. The Morgan fingerprint density at radius 1 is 1.03 bits per heavy atom. The van der Waals surface area contributed by atoms with Crippen molar-refractivity contribution in [3.63, 3.8) is 0 Å². The van der Waals surface area contributed by atoms with Crippen LogP contribution >= 0.6 is 0 Å². The Kier molecular flexibility index (Phi) is 6.20. The topological polar surface area (TPSA) is 74.4 Å². The van der Waals surface area contributed by atoms with Gasteiger partial charge in [0.25, 0.3) is 11.7 Å². The van der Waals surface area contributed by atoms with E-state index in [-0.39, 0.29) is 12.2 Å². The molecule has 2 atom stereocenters. The summed E-state index contributed by atoms with van der Waals surface area (Å²) in [6.45, 7) is 8.87. The molecule has 2 aromatic carbocycles. The number of ketones is 1. The Hall–Kier alpha value is -2.96. The first kappa shape index (κ1) is 21.3. The van der Waals surface area contributed by atoms with Crippen molar-refractivity contribution in [2.24, 2.45) is 0 Å².